The molecule has 0 N–H and O–H groups in total. The molecule has 0 fully saturated rings. The standard InChI is InChI=1S/C86H60N4O2/c1-84(2)61-33-16-12-29-55(61)59-47-53(43-45-63(59)84)88(51-25-8-6-9-26-51)73-49-68-80(83-77(73)57-31-14-22-41-75(57)92-83)79-67(86(68)65-35-18-19-37-69(65)90-71-39-21-20-38-70(71)87(5)72-40-24-36-66(86)81(72)90)50-74(82-78(79)58-32-15-23-42-76(58)91-82)89(52-27-10-7-11-28-52)54-44-46-64-60(48-54)56-30-13-17-34-62(56)85(64,3)4/h6-50H,1-5H3. The molecule has 4 heterocycles. The average Bonchev–Trinajstić information content (AvgIpc) is 1.42. The fourth-order valence-corrected chi connectivity index (χ4v) is 17.5. The third-order valence-corrected chi connectivity index (χ3v) is 21.5. The van der Waals surface area contributed by atoms with Crippen molar-refractivity contribution in [1.82, 2.24) is 0 Å². The maximum atomic E-state index is 7.77. The molecular weight excluding hydrogens is 1120 g/mol. The molecule has 1 unspecified atom stereocenters. The molecular formula is C86H60N4O2. The van der Waals surface area contributed by atoms with Gasteiger partial charge in [0.25, 0.3) is 0 Å². The summed E-state index contributed by atoms with van der Waals surface area (Å²) in [7, 11) is 2.23. The largest absolute Gasteiger partial charge is 0.455 e. The Bertz CT molecular complexity index is 5710. The van der Waals surface area contributed by atoms with Gasteiger partial charge in [0.15, 0.2) is 5.58 Å². The molecule has 2 aromatic heterocycles. The zero-order valence-electron chi connectivity index (χ0n) is 51.6. The highest BCUT2D eigenvalue weighted by molar-refractivity contribution is 6.26. The van der Waals surface area contributed by atoms with E-state index in [0.717, 1.165) is 129 Å². The summed E-state index contributed by atoms with van der Waals surface area (Å²) < 4.78 is 15.4. The molecule has 0 saturated heterocycles. The quantitative estimate of drug-likeness (QED) is 0.165. The lowest BCUT2D eigenvalue weighted by molar-refractivity contribution is 0.660. The third-order valence-electron chi connectivity index (χ3n) is 21.5. The maximum absolute atomic E-state index is 7.77. The van der Waals surface area contributed by atoms with Crippen molar-refractivity contribution in [2.24, 2.45) is 0 Å². The molecule has 0 saturated carbocycles. The molecule has 1 spiro atoms. The van der Waals surface area contributed by atoms with E-state index < -0.39 is 5.41 Å². The van der Waals surface area contributed by atoms with Gasteiger partial charge >= 0.3 is 0 Å². The second kappa shape index (κ2) is 18.2. The SMILES string of the molecule is CN1c2ccccc2N2c3ccccc3C3(c4cccc1c42)c1cc(N(c2ccccc2)c2ccc4c(c2)-c2ccccc2C4(C)C)c2c(oc4ccccc42)c1-c1c3cc(N(c2ccccc2)c2ccc3c(c2)-c2ccccc2C3(C)C)c2oc3ccccc3c12. The number of benzene rings is 13. The minimum Gasteiger partial charge on any atom is -0.455 e. The molecule has 20 rings (SSSR count). The molecule has 6 heteroatoms. The molecule has 0 bridgehead atoms. The lowest BCUT2D eigenvalue weighted by Gasteiger charge is -2.49. The number of rotatable bonds is 6. The summed E-state index contributed by atoms with van der Waals surface area (Å²) in [6.07, 6.45) is 0. The zero-order chi connectivity index (χ0) is 61.1. The summed E-state index contributed by atoms with van der Waals surface area (Å²) in [5.41, 5.74) is 30.9. The van der Waals surface area contributed by atoms with E-state index in [1.165, 1.54) is 55.6 Å². The van der Waals surface area contributed by atoms with Crippen LogP contribution in [0.25, 0.3) is 77.3 Å². The maximum Gasteiger partial charge on any atom is 0.160 e. The zero-order valence-corrected chi connectivity index (χ0v) is 51.6. The number of fused-ring (bicyclic) bond motifs is 25. The van der Waals surface area contributed by atoms with Gasteiger partial charge in [0.1, 0.15) is 16.7 Å². The number of nitrogens with zero attached hydrogens (tertiary/aromatic N) is 4. The Labute approximate surface area is 533 Å². The van der Waals surface area contributed by atoms with Crippen LogP contribution in [0.2, 0.25) is 0 Å². The fraction of sp³-hybridized carbons (Fsp3) is 0.0930. The Hall–Kier alpha value is -11.3. The van der Waals surface area contributed by atoms with Gasteiger partial charge in [-0.2, -0.15) is 0 Å². The van der Waals surface area contributed by atoms with Gasteiger partial charge in [0.05, 0.1) is 50.6 Å². The molecule has 2 aliphatic heterocycles. The first-order chi connectivity index (χ1) is 45.1. The second-order valence-corrected chi connectivity index (χ2v) is 26.7. The van der Waals surface area contributed by atoms with Gasteiger partial charge in [-0.15, -0.1) is 0 Å². The van der Waals surface area contributed by atoms with E-state index in [2.05, 4.69) is 327 Å². The van der Waals surface area contributed by atoms with E-state index in [4.69, 9.17) is 8.83 Å². The van der Waals surface area contributed by atoms with Gasteiger partial charge in [0.2, 0.25) is 0 Å². The normalized spacial score (nSPS) is 16.1. The first kappa shape index (κ1) is 51.5. The van der Waals surface area contributed by atoms with Gasteiger partial charge in [-0.05, 0) is 164 Å². The predicted molar refractivity (Wildman–Crippen MR) is 379 cm³/mol. The van der Waals surface area contributed by atoms with E-state index in [1.807, 2.05) is 0 Å². The average molecular weight is 1180 g/mol. The van der Waals surface area contributed by atoms with Crippen LogP contribution in [0, 0.1) is 0 Å². The molecule has 0 radical (unpaired) electrons. The molecule has 436 valence electrons. The summed E-state index contributed by atoms with van der Waals surface area (Å²) in [5.74, 6) is 0. The van der Waals surface area contributed by atoms with Crippen molar-refractivity contribution in [3.63, 3.8) is 0 Å². The Morgan fingerprint density at radius 1 is 0.315 bits per heavy atom. The van der Waals surface area contributed by atoms with Crippen molar-refractivity contribution in [2.45, 2.75) is 43.9 Å². The molecule has 5 aliphatic rings. The molecule has 3 aliphatic carbocycles. The summed E-state index contributed by atoms with van der Waals surface area (Å²) in [5, 5.41) is 4.17. The van der Waals surface area contributed by atoms with Crippen molar-refractivity contribution in [3.8, 4) is 33.4 Å². The first-order valence-corrected chi connectivity index (χ1v) is 32.1. The van der Waals surface area contributed by atoms with Crippen LogP contribution in [0.5, 0.6) is 0 Å². The highest BCUT2D eigenvalue weighted by Crippen LogP contribution is 2.71. The smallest absolute Gasteiger partial charge is 0.160 e. The Morgan fingerprint density at radius 2 is 0.772 bits per heavy atom. The number of anilines is 11. The second-order valence-electron chi connectivity index (χ2n) is 26.7. The van der Waals surface area contributed by atoms with Crippen LogP contribution in [0.3, 0.4) is 0 Å². The Morgan fingerprint density at radius 3 is 1.40 bits per heavy atom. The predicted octanol–water partition coefficient (Wildman–Crippen LogP) is 23.3. The van der Waals surface area contributed by atoms with Gasteiger partial charge in [-0.1, -0.05) is 204 Å². The van der Waals surface area contributed by atoms with E-state index >= 15 is 0 Å². The lowest BCUT2D eigenvalue weighted by atomic mass is 9.64. The Balaban J connectivity index is 0.972. The van der Waals surface area contributed by atoms with E-state index in [0.29, 0.717) is 0 Å². The molecule has 15 aromatic rings. The lowest BCUT2D eigenvalue weighted by Crippen LogP contribution is -2.38. The number of hydrogen-bond donors (Lipinski definition) is 0. The van der Waals surface area contributed by atoms with Crippen molar-refractivity contribution in [3.05, 3.63) is 317 Å². The molecule has 92 heavy (non-hydrogen) atoms. The van der Waals surface area contributed by atoms with Gasteiger partial charge in [0, 0.05) is 67.9 Å². The fourth-order valence-electron chi connectivity index (χ4n) is 17.5. The van der Waals surface area contributed by atoms with Crippen LogP contribution in [0.4, 0.5) is 62.6 Å². The van der Waals surface area contributed by atoms with Crippen molar-refractivity contribution in [2.75, 3.05) is 26.6 Å². The number of hydrogen-bond acceptors (Lipinski definition) is 6. The van der Waals surface area contributed by atoms with E-state index in [1.54, 1.807) is 0 Å². The summed E-state index contributed by atoms with van der Waals surface area (Å²) >= 11 is 0. The van der Waals surface area contributed by atoms with Gasteiger partial charge < -0.3 is 28.4 Å². The van der Waals surface area contributed by atoms with Crippen molar-refractivity contribution in [1.29, 1.82) is 0 Å². The summed E-state index contributed by atoms with van der Waals surface area (Å²) in [6.45, 7) is 9.45. The molecule has 1 atom stereocenters. The molecule has 6 nitrogen and oxygen atoms in total. The first-order valence-electron chi connectivity index (χ1n) is 32.1. The van der Waals surface area contributed by atoms with Crippen LogP contribution < -0.4 is 19.6 Å². The van der Waals surface area contributed by atoms with Crippen molar-refractivity contribution >= 4 is 106 Å². The minimum absolute atomic E-state index is 0.173. The van der Waals surface area contributed by atoms with Crippen LogP contribution >= 0.6 is 0 Å². The van der Waals surface area contributed by atoms with Crippen molar-refractivity contribution < 1.29 is 8.83 Å². The highest BCUT2D eigenvalue weighted by Gasteiger charge is 2.56. The summed E-state index contributed by atoms with van der Waals surface area (Å²) in [6, 6.07) is 102. The minimum atomic E-state index is -0.994. The van der Waals surface area contributed by atoms with E-state index in [-0.39, 0.29) is 10.8 Å². The van der Waals surface area contributed by atoms with Crippen LogP contribution in [-0.2, 0) is 16.2 Å². The van der Waals surface area contributed by atoms with Crippen LogP contribution in [0.1, 0.15) is 72.2 Å². The van der Waals surface area contributed by atoms with Gasteiger partial charge in [-0.25, -0.2) is 0 Å². The summed E-state index contributed by atoms with van der Waals surface area (Å²) in [4.78, 5) is 9.92. The number of para-hydroxylation sites is 8. The van der Waals surface area contributed by atoms with Gasteiger partial charge in [-0.3, -0.25) is 0 Å². The molecule has 0 amide bonds. The molecule has 13 aromatic carbocycles. The number of furan rings is 2. The van der Waals surface area contributed by atoms with Crippen LogP contribution in [-0.4, -0.2) is 7.05 Å². The highest BCUT2D eigenvalue weighted by atomic mass is 16.3. The third kappa shape index (κ3) is 6.48. The monoisotopic (exact) mass is 1180 g/mol. The Kier molecular flexibility index (Phi) is 10.2. The van der Waals surface area contributed by atoms with E-state index in [9.17, 15) is 0 Å². The topological polar surface area (TPSA) is 39.2 Å². The van der Waals surface area contributed by atoms with Crippen LogP contribution in [0.15, 0.2) is 282 Å².